The highest BCUT2D eigenvalue weighted by molar-refractivity contribution is 7.99. The van der Waals surface area contributed by atoms with Gasteiger partial charge in [-0.25, -0.2) is 4.79 Å². The molecule has 1 aliphatic heterocycles. The number of benzene rings is 2. The lowest BCUT2D eigenvalue weighted by Crippen LogP contribution is -2.24. The Morgan fingerprint density at radius 1 is 1.27 bits per heavy atom. The van der Waals surface area contributed by atoms with Gasteiger partial charge in [-0.15, -0.1) is 11.8 Å². The van der Waals surface area contributed by atoms with Gasteiger partial charge in [-0.2, -0.15) is 0 Å². The van der Waals surface area contributed by atoms with Crippen LogP contribution in [-0.2, 0) is 11.2 Å². The highest BCUT2D eigenvalue weighted by Crippen LogP contribution is 2.34. The number of carbonyl (C=O) groups excluding carboxylic acids is 1. The third-order valence-electron chi connectivity index (χ3n) is 4.62. The second-order valence-corrected chi connectivity index (χ2v) is 7.87. The fourth-order valence-electron chi connectivity index (χ4n) is 2.94. The Bertz CT molecular complexity index is 729. The van der Waals surface area contributed by atoms with E-state index in [9.17, 15) is 4.79 Å². The van der Waals surface area contributed by atoms with Crippen LogP contribution >= 0.6 is 11.8 Å². The molecule has 0 spiro atoms. The van der Waals surface area contributed by atoms with E-state index in [1.54, 1.807) is 0 Å². The van der Waals surface area contributed by atoms with Crippen LogP contribution in [0.2, 0.25) is 0 Å². The third kappa shape index (κ3) is 4.82. The van der Waals surface area contributed by atoms with Gasteiger partial charge in [0.1, 0.15) is 11.9 Å². The lowest BCUT2D eigenvalue weighted by atomic mass is 10.0. The number of thioether (sulfide) groups is 1. The average molecular weight is 371 g/mol. The summed E-state index contributed by atoms with van der Waals surface area (Å²) in [7, 11) is 0. The summed E-state index contributed by atoms with van der Waals surface area (Å²) in [4.78, 5) is 13.4. The number of fused-ring (bicyclic) bond motifs is 1. The van der Waals surface area contributed by atoms with Crippen LogP contribution in [0.15, 0.2) is 53.4 Å². The lowest BCUT2D eigenvalue weighted by molar-refractivity contribution is 0.0499. The molecule has 26 heavy (non-hydrogen) atoms. The Balaban J connectivity index is 1.55. The summed E-state index contributed by atoms with van der Waals surface area (Å²) in [5.74, 6) is 2.00. The van der Waals surface area contributed by atoms with E-state index in [4.69, 9.17) is 9.47 Å². The first-order valence-corrected chi connectivity index (χ1v) is 10.3. The Labute approximate surface area is 160 Å². The number of rotatable bonds is 8. The molecule has 0 aliphatic carbocycles. The SMILES string of the molecule is CCCCOC(=O)c1ccc2c(c1)O[C@@H]([C@H](C)CSc1ccccc1)C2. The molecular formula is C22H26O3S. The van der Waals surface area contributed by atoms with Crippen molar-refractivity contribution in [3.8, 4) is 5.75 Å². The molecule has 3 nitrogen and oxygen atoms in total. The van der Waals surface area contributed by atoms with Crippen LogP contribution in [0.1, 0.15) is 42.6 Å². The first kappa shape index (κ1) is 18.8. The van der Waals surface area contributed by atoms with Crippen LogP contribution in [0.25, 0.3) is 0 Å². The van der Waals surface area contributed by atoms with Gasteiger partial charge in [0.05, 0.1) is 12.2 Å². The largest absolute Gasteiger partial charge is 0.489 e. The van der Waals surface area contributed by atoms with Crippen molar-refractivity contribution < 1.29 is 14.3 Å². The number of unbranched alkanes of at least 4 members (excludes halogenated alkanes) is 1. The summed E-state index contributed by atoms with van der Waals surface area (Å²) in [6.45, 7) is 4.78. The van der Waals surface area contributed by atoms with E-state index < -0.39 is 0 Å². The lowest BCUT2D eigenvalue weighted by Gasteiger charge is -2.18. The summed E-state index contributed by atoms with van der Waals surface area (Å²) in [6.07, 6.45) is 2.97. The zero-order chi connectivity index (χ0) is 18.4. The quantitative estimate of drug-likeness (QED) is 0.355. The molecule has 0 unspecified atom stereocenters. The Kier molecular flexibility index (Phi) is 6.62. The molecule has 0 aromatic heterocycles. The van der Waals surface area contributed by atoms with E-state index in [0.29, 0.717) is 18.1 Å². The number of esters is 1. The summed E-state index contributed by atoms with van der Waals surface area (Å²) in [6, 6.07) is 16.1. The van der Waals surface area contributed by atoms with Crippen LogP contribution in [0, 0.1) is 5.92 Å². The van der Waals surface area contributed by atoms with E-state index in [0.717, 1.165) is 30.8 Å². The van der Waals surface area contributed by atoms with Crippen LogP contribution in [-0.4, -0.2) is 24.4 Å². The van der Waals surface area contributed by atoms with Crippen molar-refractivity contribution in [3.63, 3.8) is 0 Å². The molecule has 0 saturated carbocycles. The maximum Gasteiger partial charge on any atom is 0.338 e. The average Bonchev–Trinajstić information content (AvgIpc) is 3.10. The summed E-state index contributed by atoms with van der Waals surface area (Å²) in [5.41, 5.74) is 1.75. The highest BCUT2D eigenvalue weighted by atomic mass is 32.2. The van der Waals surface area contributed by atoms with Gasteiger partial charge in [0.25, 0.3) is 0 Å². The predicted octanol–water partition coefficient (Wildman–Crippen LogP) is 5.38. The van der Waals surface area contributed by atoms with Gasteiger partial charge in [0, 0.05) is 23.0 Å². The fraction of sp³-hybridized carbons (Fsp3) is 0.409. The second kappa shape index (κ2) is 9.13. The minimum atomic E-state index is -0.263. The molecule has 0 N–H and O–H groups in total. The monoisotopic (exact) mass is 370 g/mol. The van der Waals surface area contributed by atoms with Gasteiger partial charge in [-0.1, -0.05) is 44.5 Å². The molecule has 1 aliphatic rings. The number of hydrogen-bond acceptors (Lipinski definition) is 4. The van der Waals surface area contributed by atoms with Gasteiger partial charge in [0.15, 0.2) is 0 Å². The first-order chi connectivity index (χ1) is 12.7. The third-order valence-corrected chi connectivity index (χ3v) is 5.92. The fourth-order valence-corrected chi connectivity index (χ4v) is 3.96. The molecule has 0 fully saturated rings. The molecule has 0 bridgehead atoms. The Morgan fingerprint density at radius 3 is 2.85 bits per heavy atom. The molecule has 0 amide bonds. The molecule has 2 atom stereocenters. The van der Waals surface area contributed by atoms with E-state index in [1.165, 1.54) is 10.5 Å². The van der Waals surface area contributed by atoms with Gasteiger partial charge in [-0.05, 0) is 36.2 Å². The molecule has 0 saturated heterocycles. The smallest absolute Gasteiger partial charge is 0.338 e. The molecule has 0 radical (unpaired) electrons. The van der Waals surface area contributed by atoms with E-state index in [1.807, 2.05) is 36.0 Å². The minimum absolute atomic E-state index is 0.160. The number of ether oxygens (including phenoxy) is 2. The van der Waals surface area contributed by atoms with E-state index in [2.05, 4.69) is 38.1 Å². The molecule has 2 aromatic carbocycles. The van der Waals surface area contributed by atoms with Gasteiger partial charge >= 0.3 is 5.97 Å². The molecule has 2 aromatic rings. The van der Waals surface area contributed by atoms with Crippen LogP contribution in [0.4, 0.5) is 0 Å². The van der Waals surface area contributed by atoms with E-state index in [-0.39, 0.29) is 12.1 Å². The molecular weight excluding hydrogens is 344 g/mol. The number of hydrogen-bond donors (Lipinski definition) is 0. The molecule has 1 heterocycles. The zero-order valence-corrected chi connectivity index (χ0v) is 16.3. The predicted molar refractivity (Wildman–Crippen MR) is 106 cm³/mol. The summed E-state index contributed by atoms with van der Waals surface area (Å²) >= 11 is 1.86. The minimum Gasteiger partial charge on any atom is -0.489 e. The highest BCUT2D eigenvalue weighted by Gasteiger charge is 2.28. The van der Waals surface area contributed by atoms with Gasteiger partial charge in [0.2, 0.25) is 0 Å². The zero-order valence-electron chi connectivity index (χ0n) is 15.4. The van der Waals surface area contributed by atoms with Crippen molar-refractivity contribution in [2.24, 2.45) is 5.92 Å². The van der Waals surface area contributed by atoms with E-state index >= 15 is 0 Å². The van der Waals surface area contributed by atoms with Crippen molar-refractivity contribution in [2.45, 2.75) is 44.1 Å². The summed E-state index contributed by atoms with van der Waals surface area (Å²) < 4.78 is 11.4. The van der Waals surface area contributed by atoms with Gasteiger partial charge in [-0.3, -0.25) is 0 Å². The van der Waals surface area contributed by atoms with Crippen LogP contribution < -0.4 is 4.74 Å². The first-order valence-electron chi connectivity index (χ1n) is 9.32. The van der Waals surface area contributed by atoms with Crippen molar-refractivity contribution >= 4 is 17.7 Å². The maximum atomic E-state index is 12.1. The topological polar surface area (TPSA) is 35.5 Å². The van der Waals surface area contributed by atoms with Crippen molar-refractivity contribution in [1.29, 1.82) is 0 Å². The molecule has 3 rings (SSSR count). The van der Waals surface area contributed by atoms with Crippen LogP contribution in [0.5, 0.6) is 5.75 Å². The standard InChI is InChI=1S/C22H26O3S/c1-3-4-12-24-22(23)18-11-10-17-13-20(25-21(17)14-18)16(2)15-26-19-8-6-5-7-9-19/h5-11,14,16,20H,3-4,12-13,15H2,1-2H3/t16-,20-/m1/s1. The van der Waals surface area contributed by atoms with Crippen LogP contribution in [0.3, 0.4) is 0 Å². The second-order valence-electron chi connectivity index (χ2n) is 6.77. The normalized spacial score (nSPS) is 16.6. The Morgan fingerprint density at radius 2 is 2.08 bits per heavy atom. The van der Waals surface area contributed by atoms with Crippen molar-refractivity contribution in [3.05, 3.63) is 59.7 Å². The summed E-state index contributed by atoms with van der Waals surface area (Å²) in [5, 5.41) is 0. The molecule has 4 heteroatoms. The molecule has 138 valence electrons. The van der Waals surface area contributed by atoms with Gasteiger partial charge < -0.3 is 9.47 Å². The number of carbonyl (C=O) groups is 1. The van der Waals surface area contributed by atoms with Crippen molar-refractivity contribution in [2.75, 3.05) is 12.4 Å². The Hall–Kier alpha value is -1.94. The van der Waals surface area contributed by atoms with Crippen molar-refractivity contribution in [1.82, 2.24) is 0 Å². The maximum absolute atomic E-state index is 12.1.